The van der Waals surface area contributed by atoms with Gasteiger partial charge in [-0.05, 0) is 43.9 Å². The lowest BCUT2D eigenvalue weighted by Gasteiger charge is -2.32. The number of carboxylic acids is 1. The fourth-order valence-electron chi connectivity index (χ4n) is 2.87. The van der Waals surface area contributed by atoms with Crippen molar-refractivity contribution in [3.8, 4) is 5.75 Å². The van der Waals surface area contributed by atoms with Crippen LogP contribution < -0.4 is 4.74 Å². The Morgan fingerprint density at radius 3 is 2.79 bits per heavy atom. The maximum absolute atomic E-state index is 10.9. The van der Waals surface area contributed by atoms with Gasteiger partial charge in [-0.2, -0.15) is 0 Å². The average Bonchev–Trinajstić information content (AvgIpc) is 3.02. The topological polar surface area (TPSA) is 62.7 Å². The van der Waals surface area contributed by atoms with E-state index in [0.717, 1.165) is 36.7 Å². The van der Waals surface area contributed by atoms with Crippen molar-refractivity contribution in [1.82, 2.24) is 9.88 Å². The molecular formula is C18H22N2O3S. The number of aromatic nitrogens is 1. The smallest absolute Gasteiger partial charge is 0.355 e. The molecule has 0 aliphatic carbocycles. The highest BCUT2D eigenvalue weighted by Gasteiger charge is 2.22. The number of piperidine rings is 1. The van der Waals surface area contributed by atoms with Gasteiger partial charge in [0, 0.05) is 18.5 Å². The second-order valence-corrected chi connectivity index (χ2v) is 7.24. The molecule has 1 saturated heterocycles. The molecule has 0 spiro atoms. The fourth-order valence-corrected chi connectivity index (χ4v) is 3.68. The molecule has 0 unspecified atom stereocenters. The predicted molar refractivity (Wildman–Crippen MR) is 93.9 cm³/mol. The maximum Gasteiger partial charge on any atom is 0.355 e. The number of thiazole rings is 1. The monoisotopic (exact) mass is 346 g/mol. The Morgan fingerprint density at radius 1 is 1.38 bits per heavy atom. The van der Waals surface area contributed by atoms with E-state index in [9.17, 15) is 4.79 Å². The van der Waals surface area contributed by atoms with Gasteiger partial charge in [0.2, 0.25) is 0 Å². The molecule has 1 aliphatic heterocycles. The third-order valence-corrected chi connectivity index (χ3v) is 5.14. The van der Waals surface area contributed by atoms with Gasteiger partial charge in [-0.3, -0.25) is 4.90 Å². The minimum Gasteiger partial charge on any atom is -0.490 e. The van der Waals surface area contributed by atoms with Crippen LogP contribution in [0.15, 0.2) is 23.6 Å². The number of nitrogens with zero attached hydrogens (tertiary/aromatic N) is 2. The lowest BCUT2D eigenvalue weighted by atomic mass is 10.1. The summed E-state index contributed by atoms with van der Waals surface area (Å²) in [6.45, 7) is 6.75. The zero-order valence-electron chi connectivity index (χ0n) is 14.0. The van der Waals surface area contributed by atoms with Crippen molar-refractivity contribution in [2.45, 2.75) is 39.3 Å². The van der Waals surface area contributed by atoms with Crippen LogP contribution in [0.2, 0.25) is 0 Å². The van der Waals surface area contributed by atoms with Gasteiger partial charge in [0.1, 0.15) is 16.9 Å². The number of benzene rings is 1. The van der Waals surface area contributed by atoms with E-state index in [0.29, 0.717) is 6.54 Å². The Balaban J connectivity index is 1.52. The van der Waals surface area contributed by atoms with Crippen LogP contribution in [-0.4, -0.2) is 40.2 Å². The van der Waals surface area contributed by atoms with Gasteiger partial charge in [0.25, 0.3) is 0 Å². The van der Waals surface area contributed by atoms with E-state index in [1.54, 1.807) is 5.38 Å². The molecule has 128 valence electrons. The summed E-state index contributed by atoms with van der Waals surface area (Å²) in [5.41, 5.74) is 2.53. The van der Waals surface area contributed by atoms with Crippen LogP contribution in [0.3, 0.4) is 0 Å². The van der Waals surface area contributed by atoms with Crippen molar-refractivity contribution < 1.29 is 14.6 Å². The van der Waals surface area contributed by atoms with Crippen LogP contribution in [-0.2, 0) is 6.54 Å². The molecule has 0 bridgehead atoms. The second-order valence-electron chi connectivity index (χ2n) is 6.29. The Hall–Kier alpha value is -1.92. The highest BCUT2D eigenvalue weighted by Crippen LogP contribution is 2.24. The molecule has 0 radical (unpaired) electrons. The van der Waals surface area contributed by atoms with Gasteiger partial charge in [-0.15, -0.1) is 11.3 Å². The van der Waals surface area contributed by atoms with Crippen molar-refractivity contribution in [2.75, 3.05) is 13.1 Å². The number of carboxylic acid groups (broad SMARTS) is 1. The molecule has 1 aromatic heterocycles. The lowest BCUT2D eigenvalue weighted by Crippen LogP contribution is -2.37. The molecule has 0 amide bonds. The van der Waals surface area contributed by atoms with Crippen LogP contribution in [0.25, 0.3) is 0 Å². The minimum absolute atomic E-state index is 0.142. The summed E-state index contributed by atoms with van der Waals surface area (Å²) in [4.78, 5) is 17.4. The average molecular weight is 346 g/mol. The molecule has 1 N–H and O–H groups in total. The molecule has 1 aromatic carbocycles. The molecule has 2 aromatic rings. The number of ether oxygens (including phenoxy) is 1. The number of aromatic carboxylic acids is 1. The van der Waals surface area contributed by atoms with Crippen LogP contribution in [0, 0.1) is 13.8 Å². The highest BCUT2D eigenvalue weighted by atomic mass is 32.1. The molecule has 1 aliphatic rings. The second kappa shape index (κ2) is 7.32. The van der Waals surface area contributed by atoms with Crippen molar-refractivity contribution in [2.24, 2.45) is 0 Å². The van der Waals surface area contributed by atoms with E-state index in [2.05, 4.69) is 41.9 Å². The summed E-state index contributed by atoms with van der Waals surface area (Å²) in [5.74, 6) is 0.0256. The van der Waals surface area contributed by atoms with Crippen molar-refractivity contribution in [1.29, 1.82) is 0 Å². The van der Waals surface area contributed by atoms with E-state index in [1.165, 1.54) is 22.5 Å². The van der Waals surface area contributed by atoms with Gasteiger partial charge in [0.15, 0.2) is 5.69 Å². The zero-order valence-corrected chi connectivity index (χ0v) is 14.8. The third-order valence-electron chi connectivity index (χ3n) is 4.30. The van der Waals surface area contributed by atoms with Gasteiger partial charge >= 0.3 is 5.97 Å². The molecule has 0 saturated carbocycles. The van der Waals surface area contributed by atoms with Crippen LogP contribution >= 0.6 is 11.3 Å². The van der Waals surface area contributed by atoms with Crippen LogP contribution in [0.5, 0.6) is 5.75 Å². The number of likely N-dealkylation sites (tertiary alicyclic amines) is 1. The standard InChI is InChI=1S/C18H22N2O3S/c1-12-3-4-13(2)16(9-12)23-14-5-7-20(8-6-14)10-17-19-15(11-24-17)18(21)22/h3-4,9,11,14H,5-8,10H2,1-2H3,(H,21,22). The van der Waals surface area contributed by atoms with Crippen LogP contribution in [0.4, 0.5) is 0 Å². The number of aryl methyl sites for hydroxylation is 2. The number of hydrogen-bond donors (Lipinski definition) is 1. The van der Waals surface area contributed by atoms with E-state index in [-0.39, 0.29) is 11.8 Å². The number of hydrogen-bond acceptors (Lipinski definition) is 5. The zero-order chi connectivity index (χ0) is 17.1. The quantitative estimate of drug-likeness (QED) is 0.898. The number of rotatable bonds is 5. The van der Waals surface area contributed by atoms with Crippen LogP contribution in [0.1, 0.15) is 39.5 Å². The molecule has 6 heteroatoms. The van der Waals surface area contributed by atoms with E-state index >= 15 is 0 Å². The molecule has 2 heterocycles. The van der Waals surface area contributed by atoms with Gasteiger partial charge in [-0.1, -0.05) is 12.1 Å². The summed E-state index contributed by atoms with van der Waals surface area (Å²) < 4.78 is 6.18. The Kier molecular flexibility index (Phi) is 5.16. The van der Waals surface area contributed by atoms with E-state index in [4.69, 9.17) is 9.84 Å². The Morgan fingerprint density at radius 2 is 2.12 bits per heavy atom. The summed E-state index contributed by atoms with van der Waals surface area (Å²) in [6, 6.07) is 6.30. The molecule has 5 nitrogen and oxygen atoms in total. The van der Waals surface area contributed by atoms with Gasteiger partial charge in [-0.25, -0.2) is 9.78 Å². The summed E-state index contributed by atoms with van der Waals surface area (Å²) >= 11 is 1.41. The minimum atomic E-state index is -0.960. The lowest BCUT2D eigenvalue weighted by molar-refractivity contribution is 0.0690. The van der Waals surface area contributed by atoms with Crippen molar-refractivity contribution in [3.05, 3.63) is 45.4 Å². The summed E-state index contributed by atoms with van der Waals surface area (Å²) in [7, 11) is 0. The largest absolute Gasteiger partial charge is 0.490 e. The molecule has 3 rings (SSSR count). The molecule has 24 heavy (non-hydrogen) atoms. The molecule has 0 atom stereocenters. The first-order chi connectivity index (χ1) is 11.5. The third kappa shape index (κ3) is 4.13. The predicted octanol–water partition coefficient (Wildman–Crippen LogP) is 3.50. The van der Waals surface area contributed by atoms with E-state index < -0.39 is 5.97 Å². The van der Waals surface area contributed by atoms with Crippen molar-refractivity contribution >= 4 is 17.3 Å². The summed E-state index contributed by atoms with van der Waals surface area (Å²) in [6.07, 6.45) is 2.20. The SMILES string of the molecule is Cc1ccc(C)c(OC2CCN(Cc3nc(C(=O)O)cs3)CC2)c1. The van der Waals surface area contributed by atoms with Gasteiger partial charge in [0.05, 0.1) is 6.54 Å². The normalized spacial score (nSPS) is 16.2. The first-order valence-electron chi connectivity index (χ1n) is 8.15. The first-order valence-corrected chi connectivity index (χ1v) is 9.03. The highest BCUT2D eigenvalue weighted by molar-refractivity contribution is 7.09. The molecular weight excluding hydrogens is 324 g/mol. The number of carbonyl (C=O) groups is 1. The van der Waals surface area contributed by atoms with E-state index in [1.807, 2.05) is 0 Å². The summed E-state index contributed by atoms with van der Waals surface area (Å²) in [5, 5.41) is 11.4. The Labute approximate surface area is 145 Å². The van der Waals surface area contributed by atoms with Crippen molar-refractivity contribution in [3.63, 3.8) is 0 Å². The molecule has 1 fully saturated rings. The van der Waals surface area contributed by atoms with Gasteiger partial charge < -0.3 is 9.84 Å². The Bertz CT molecular complexity index is 721. The maximum atomic E-state index is 10.9. The fraction of sp³-hybridized carbons (Fsp3) is 0.444. The first kappa shape index (κ1) is 16.9.